The Morgan fingerprint density at radius 1 is 1.47 bits per heavy atom. The number of benzene rings is 1. The molecule has 0 aromatic heterocycles. The lowest BCUT2D eigenvalue weighted by molar-refractivity contribution is 0.308. The molecule has 0 spiro atoms. The maximum absolute atomic E-state index is 5.83. The molecule has 0 saturated heterocycles. The van der Waals surface area contributed by atoms with Crippen LogP contribution in [0.3, 0.4) is 0 Å². The lowest BCUT2D eigenvalue weighted by atomic mass is 10.1. The summed E-state index contributed by atoms with van der Waals surface area (Å²) < 4.78 is 5.62. The van der Waals surface area contributed by atoms with E-state index < -0.39 is 0 Å². The molecule has 1 rings (SSSR count). The van der Waals surface area contributed by atoms with E-state index in [-0.39, 0.29) is 6.04 Å². The van der Waals surface area contributed by atoms with E-state index in [4.69, 9.17) is 16.9 Å². The van der Waals surface area contributed by atoms with Crippen LogP contribution in [-0.2, 0) is 0 Å². The minimum absolute atomic E-state index is 0.00571. The molecule has 15 heavy (non-hydrogen) atoms. The highest BCUT2D eigenvalue weighted by Gasteiger charge is 2.06. The quantitative estimate of drug-likeness (QED) is 0.589. The molecule has 2 N–H and O–H groups in total. The van der Waals surface area contributed by atoms with E-state index in [1.54, 1.807) is 0 Å². The molecule has 2 nitrogen and oxygen atoms in total. The van der Waals surface area contributed by atoms with Gasteiger partial charge in [-0.1, -0.05) is 18.2 Å². The van der Waals surface area contributed by atoms with Crippen LogP contribution in [0.2, 0.25) is 0 Å². The van der Waals surface area contributed by atoms with E-state index in [1.165, 1.54) is 0 Å². The first-order chi connectivity index (χ1) is 7.25. The zero-order valence-electron chi connectivity index (χ0n) is 9.07. The fourth-order valence-electron chi connectivity index (χ4n) is 1.34. The fourth-order valence-corrected chi connectivity index (χ4v) is 1.34. The first kappa shape index (κ1) is 11.6. The van der Waals surface area contributed by atoms with Crippen LogP contribution < -0.4 is 10.5 Å². The summed E-state index contributed by atoms with van der Waals surface area (Å²) >= 11 is 0. The van der Waals surface area contributed by atoms with E-state index in [0.717, 1.165) is 24.2 Å². The molecule has 0 radical (unpaired) electrons. The largest absolute Gasteiger partial charge is 0.493 e. The lowest BCUT2D eigenvalue weighted by Gasteiger charge is -2.13. The summed E-state index contributed by atoms with van der Waals surface area (Å²) in [5.41, 5.74) is 6.87. The van der Waals surface area contributed by atoms with Gasteiger partial charge in [0, 0.05) is 18.0 Å². The number of rotatable bonds is 5. The highest BCUT2D eigenvalue weighted by Crippen LogP contribution is 2.23. The van der Waals surface area contributed by atoms with Gasteiger partial charge in [0.2, 0.25) is 0 Å². The van der Waals surface area contributed by atoms with Crippen LogP contribution in [0.1, 0.15) is 31.4 Å². The zero-order valence-corrected chi connectivity index (χ0v) is 9.07. The summed E-state index contributed by atoms with van der Waals surface area (Å²) in [6.07, 6.45) is 6.79. The predicted molar refractivity (Wildman–Crippen MR) is 62.6 cm³/mol. The second-order valence-corrected chi connectivity index (χ2v) is 3.48. The molecule has 2 heteroatoms. The molecule has 1 aromatic rings. The summed E-state index contributed by atoms with van der Waals surface area (Å²) in [5, 5.41) is 0. The van der Waals surface area contributed by atoms with Gasteiger partial charge in [0.1, 0.15) is 5.75 Å². The fraction of sp³-hybridized carbons (Fsp3) is 0.385. The average Bonchev–Trinajstić information content (AvgIpc) is 2.25. The first-order valence-electron chi connectivity index (χ1n) is 5.16. The van der Waals surface area contributed by atoms with Crippen molar-refractivity contribution in [2.24, 2.45) is 5.73 Å². The van der Waals surface area contributed by atoms with Gasteiger partial charge in [-0.15, -0.1) is 12.3 Å². The second kappa shape index (κ2) is 6.10. The Kier molecular flexibility index (Phi) is 4.73. The number of hydrogen-bond donors (Lipinski definition) is 1. The van der Waals surface area contributed by atoms with Crippen LogP contribution in [-0.4, -0.2) is 6.61 Å². The zero-order chi connectivity index (χ0) is 11.1. The van der Waals surface area contributed by atoms with Crippen molar-refractivity contribution in [1.29, 1.82) is 0 Å². The summed E-state index contributed by atoms with van der Waals surface area (Å²) in [4.78, 5) is 0. The highest BCUT2D eigenvalue weighted by atomic mass is 16.5. The number of para-hydroxylation sites is 1. The monoisotopic (exact) mass is 203 g/mol. The molecule has 0 saturated carbocycles. The number of terminal acetylenes is 1. The third-order valence-electron chi connectivity index (χ3n) is 2.13. The molecule has 0 aliphatic rings. The van der Waals surface area contributed by atoms with Crippen molar-refractivity contribution in [3.8, 4) is 18.1 Å². The topological polar surface area (TPSA) is 35.2 Å². The Morgan fingerprint density at radius 3 is 2.87 bits per heavy atom. The van der Waals surface area contributed by atoms with Crippen molar-refractivity contribution >= 4 is 0 Å². The van der Waals surface area contributed by atoms with Crippen LogP contribution in [0.15, 0.2) is 24.3 Å². The van der Waals surface area contributed by atoms with Crippen LogP contribution in [0.5, 0.6) is 5.75 Å². The number of nitrogens with two attached hydrogens (primary N) is 1. The minimum Gasteiger partial charge on any atom is -0.493 e. The van der Waals surface area contributed by atoms with E-state index >= 15 is 0 Å². The van der Waals surface area contributed by atoms with Crippen molar-refractivity contribution in [3.63, 3.8) is 0 Å². The molecule has 80 valence electrons. The van der Waals surface area contributed by atoms with Crippen molar-refractivity contribution in [1.82, 2.24) is 0 Å². The third-order valence-corrected chi connectivity index (χ3v) is 2.13. The molecule has 1 atom stereocenters. The van der Waals surface area contributed by atoms with Gasteiger partial charge in [-0.25, -0.2) is 0 Å². The summed E-state index contributed by atoms with van der Waals surface area (Å²) in [6.45, 7) is 2.59. The Bertz CT molecular complexity index is 339. The molecule has 0 heterocycles. The molecule has 1 aromatic carbocycles. The molecule has 0 fully saturated rings. The Labute approximate surface area is 91.4 Å². The van der Waals surface area contributed by atoms with Crippen LogP contribution in [0, 0.1) is 12.3 Å². The summed E-state index contributed by atoms with van der Waals surface area (Å²) in [5.74, 6) is 3.45. The Hall–Kier alpha value is -1.46. The smallest absolute Gasteiger partial charge is 0.124 e. The molecular weight excluding hydrogens is 186 g/mol. The van der Waals surface area contributed by atoms with Crippen molar-refractivity contribution < 1.29 is 4.74 Å². The SMILES string of the molecule is C#CCCCOc1ccccc1C(C)N. The lowest BCUT2D eigenvalue weighted by Crippen LogP contribution is -2.08. The molecule has 0 amide bonds. The van der Waals surface area contributed by atoms with Gasteiger partial charge < -0.3 is 10.5 Å². The maximum Gasteiger partial charge on any atom is 0.124 e. The predicted octanol–water partition coefficient (Wildman–Crippen LogP) is 2.50. The van der Waals surface area contributed by atoms with Gasteiger partial charge in [0.15, 0.2) is 0 Å². The van der Waals surface area contributed by atoms with Gasteiger partial charge in [-0.2, -0.15) is 0 Å². The second-order valence-electron chi connectivity index (χ2n) is 3.48. The van der Waals surface area contributed by atoms with E-state index in [9.17, 15) is 0 Å². The first-order valence-corrected chi connectivity index (χ1v) is 5.16. The molecule has 0 aliphatic carbocycles. The Balaban J connectivity index is 2.56. The number of unbranched alkanes of at least 4 members (excludes halogenated alkanes) is 1. The standard InChI is InChI=1S/C13H17NO/c1-3-4-7-10-15-13-9-6-5-8-12(13)11(2)14/h1,5-6,8-9,11H,4,7,10,14H2,2H3. The molecule has 1 unspecified atom stereocenters. The van der Waals surface area contributed by atoms with Crippen molar-refractivity contribution in [3.05, 3.63) is 29.8 Å². The van der Waals surface area contributed by atoms with Crippen LogP contribution in [0.4, 0.5) is 0 Å². The number of hydrogen-bond acceptors (Lipinski definition) is 2. The average molecular weight is 203 g/mol. The minimum atomic E-state index is -0.00571. The van der Waals surface area contributed by atoms with Crippen LogP contribution >= 0.6 is 0 Å². The van der Waals surface area contributed by atoms with E-state index in [1.807, 2.05) is 31.2 Å². The molecule has 0 bridgehead atoms. The van der Waals surface area contributed by atoms with E-state index in [2.05, 4.69) is 5.92 Å². The maximum atomic E-state index is 5.83. The summed E-state index contributed by atoms with van der Waals surface area (Å²) in [7, 11) is 0. The van der Waals surface area contributed by atoms with Gasteiger partial charge >= 0.3 is 0 Å². The normalized spacial score (nSPS) is 11.8. The molecular formula is C13H17NO. The highest BCUT2D eigenvalue weighted by molar-refractivity contribution is 5.35. The third kappa shape index (κ3) is 3.65. The van der Waals surface area contributed by atoms with Gasteiger partial charge in [0.05, 0.1) is 6.61 Å². The summed E-state index contributed by atoms with van der Waals surface area (Å²) in [6, 6.07) is 7.83. The molecule has 0 aliphatic heterocycles. The Morgan fingerprint density at radius 2 is 2.20 bits per heavy atom. The van der Waals surface area contributed by atoms with E-state index in [0.29, 0.717) is 6.61 Å². The van der Waals surface area contributed by atoms with Crippen LogP contribution in [0.25, 0.3) is 0 Å². The van der Waals surface area contributed by atoms with Crippen molar-refractivity contribution in [2.75, 3.05) is 6.61 Å². The van der Waals surface area contributed by atoms with Crippen molar-refractivity contribution in [2.45, 2.75) is 25.8 Å². The van der Waals surface area contributed by atoms with Gasteiger partial charge in [-0.05, 0) is 19.4 Å². The number of ether oxygens (including phenoxy) is 1. The van der Waals surface area contributed by atoms with Gasteiger partial charge in [-0.3, -0.25) is 0 Å². The van der Waals surface area contributed by atoms with Gasteiger partial charge in [0.25, 0.3) is 0 Å².